The van der Waals surface area contributed by atoms with Gasteiger partial charge in [0.05, 0.1) is 5.69 Å². The Kier molecular flexibility index (Phi) is 4.44. The van der Waals surface area contributed by atoms with E-state index in [2.05, 4.69) is 21.7 Å². The molecule has 2 heterocycles. The van der Waals surface area contributed by atoms with Gasteiger partial charge < -0.3 is 4.90 Å². The van der Waals surface area contributed by atoms with Crippen LogP contribution >= 0.6 is 11.3 Å². The van der Waals surface area contributed by atoms with Crippen molar-refractivity contribution < 1.29 is 8.42 Å². The van der Waals surface area contributed by atoms with Crippen LogP contribution < -0.4 is 10.0 Å². The lowest BCUT2D eigenvalue weighted by Gasteiger charge is -2.34. The molecule has 1 aromatic heterocycles. The highest BCUT2D eigenvalue weighted by molar-refractivity contribution is 7.91. The Labute approximate surface area is 118 Å². The number of nitrogens with zero attached hydrogens (tertiary/aromatic N) is 3. The maximum absolute atomic E-state index is 11.4. The van der Waals surface area contributed by atoms with E-state index in [-0.39, 0.29) is 4.21 Å². The molecule has 1 aliphatic heterocycles. The second-order valence-electron chi connectivity index (χ2n) is 4.74. The summed E-state index contributed by atoms with van der Waals surface area (Å²) in [6, 6.07) is 0. The third-order valence-corrected chi connectivity index (χ3v) is 5.96. The molecule has 1 saturated heterocycles. The van der Waals surface area contributed by atoms with Crippen molar-refractivity contribution in [2.45, 2.75) is 24.5 Å². The summed E-state index contributed by atoms with van der Waals surface area (Å²) in [6.07, 6.45) is 1.16. The summed E-state index contributed by atoms with van der Waals surface area (Å²) in [5.74, 6) is 0. The molecule has 19 heavy (non-hydrogen) atoms. The standard InChI is InChI=1S/C11H20N4O2S2/c1-3-4-14-5-7-15(8-6-14)11-13-9(2)10(18-11)19(12,16)17/h3-8H2,1-2H3,(H2,12,16,17). The van der Waals surface area contributed by atoms with E-state index >= 15 is 0 Å². The third-order valence-electron chi connectivity index (χ3n) is 3.18. The van der Waals surface area contributed by atoms with Crippen molar-refractivity contribution in [2.75, 3.05) is 37.6 Å². The van der Waals surface area contributed by atoms with Crippen LogP contribution in [-0.2, 0) is 10.0 Å². The van der Waals surface area contributed by atoms with Gasteiger partial charge in [0.25, 0.3) is 0 Å². The number of hydrogen-bond donors (Lipinski definition) is 1. The number of piperazine rings is 1. The van der Waals surface area contributed by atoms with Crippen molar-refractivity contribution >= 4 is 26.5 Å². The summed E-state index contributed by atoms with van der Waals surface area (Å²) in [5, 5.41) is 5.94. The highest BCUT2D eigenvalue weighted by atomic mass is 32.2. The smallest absolute Gasteiger partial charge is 0.249 e. The van der Waals surface area contributed by atoms with Crippen molar-refractivity contribution in [3.05, 3.63) is 5.69 Å². The zero-order valence-corrected chi connectivity index (χ0v) is 12.9. The van der Waals surface area contributed by atoms with Crippen LogP contribution in [0.5, 0.6) is 0 Å². The Morgan fingerprint density at radius 3 is 2.42 bits per heavy atom. The fourth-order valence-corrected chi connectivity index (χ4v) is 4.25. The maximum Gasteiger partial charge on any atom is 0.249 e. The Bertz CT molecular complexity index is 533. The minimum atomic E-state index is -3.65. The highest BCUT2D eigenvalue weighted by Crippen LogP contribution is 2.29. The van der Waals surface area contributed by atoms with Crippen molar-refractivity contribution in [3.8, 4) is 0 Å². The summed E-state index contributed by atoms with van der Waals surface area (Å²) >= 11 is 1.17. The lowest BCUT2D eigenvalue weighted by Crippen LogP contribution is -2.46. The lowest BCUT2D eigenvalue weighted by molar-refractivity contribution is 0.258. The van der Waals surface area contributed by atoms with Gasteiger partial charge in [0, 0.05) is 26.2 Å². The van der Waals surface area contributed by atoms with Gasteiger partial charge in [-0.25, -0.2) is 18.5 Å². The molecule has 0 unspecified atom stereocenters. The molecule has 0 atom stereocenters. The van der Waals surface area contributed by atoms with E-state index in [4.69, 9.17) is 5.14 Å². The molecule has 0 aromatic carbocycles. The molecule has 1 aromatic rings. The first-order chi connectivity index (χ1) is 8.91. The van der Waals surface area contributed by atoms with Crippen LogP contribution in [0.2, 0.25) is 0 Å². The minimum absolute atomic E-state index is 0.179. The molecule has 0 saturated carbocycles. The van der Waals surface area contributed by atoms with E-state index in [0.29, 0.717) is 5.69 Å². The molecule has 108 valence electrons. The number of primary sulfonamides is 1. The molecule has 0 aliphatic carbocycles. The van der Waals surface area contributed by atoms with Crippen LogP contribution in [0, 0.1) is 6.92 Å². The van der Waals surface area contributed by atoms with Crippen LogP contribution in [0.15, 0.2) is 4.21 Å². The van der Waals surface area contributed by atoms with Gasteiger partial charge in [-0.2, -0.15) is 0 Å². The van der Waals surface area contributed by atoms with E-state index in [0.717, 1.165) is 44.3 Å². The molecule has 0 radical (unpaired) electrons. The molecule has 8 heteroatoms. The first-order valence-corrected chi connectivity index (χ1v) is 8.75. The zero-order chi connectivity index (χ0) is 14.0. The molecule has 6 nitrogen and oxygen atoms in total. The van der Waals surface area contributed by atoms with E-state index in [1.165, 1.54) is 11.3 Å². The largest absolute Gasteiger partial charge is 0.345 e. The van der Waals surface area contributed by atoms with Gasteiger partial charge in [0.1, 0.15) is 0 Å². The van der Waals surface area contributed by atoms with Crippen LogP contribution in [0.3, 0.4) is 0 Å². The number of aryl methyl sites for hydroxylation is 1. The van der Waals surface area contributed by atoms with Gasteiger partial charge in [0.15, 0.2) is 9.34 Å². The molecular formula is C11H20N4O2S2. The van der Waals surface area contributed by atoms with Crippen LogP contribution in [0.25, 0.3) is 0 Å². The van der Waals surface area contributed by atoms with Gasteiger partial charge in [-0.3, -0.25) is 4.90 Å². The van der Waals surface area contributed by atoms with E-state index in [9.17, 15) is 8.42 Å². The summed E-state index contributed by atoms with van der Waals surface area (Å²) in [4.78, 5) is 8.89. The predicted molar refractivity (Wildman–Crippen MR) is 77.2 cm³/mol. The Balaban J connectivity index is 2.08. The fourth-order valence-electron chi connectivity index (χ4n) is 2.25. The van der Waals surface area contributed by atoms with Gasteiger partial charge in [-0.15, -0.1) is 0 Å². The molecule has 0 bridgehead atoms. The summed E-state index contributed by atoms with van der Waals surface area (Å²) in [7, 11) is -3.65. The molecule has 2 rings (SSSR count). The highest BCUT2D eigenvalue weighted by Gasteiger charge is 2.23. The number of sulfonamides is 1. The van der Waals surface area contributed by atoms with Crippen LogP contribution in [-0.4, -0.2) is 51.0 Å². The SMILES string of the molecule is CCCN1CCN(c2nc(C)c(S(N)(=O)=O)s2)CC1. The Morgan fingerprint density at radius 1 is 1.32 bits per heavy atom. The third kappa shape index (κ3) is 3.44. The quantitative estimate of drug-likeness (QED) is 0.882. The molecule has 1 aliphatic rings. The number of hydrogen-bond acceptors (Lipinski definition) is 6. The molecule has 0 spiro atoms. The number of thiazole rings is 1. The summed E-state index contributed by atoms with van der Waals surface area (Å²) in [5.41, 5.74) is 0.499. The number of anilines is 1. The van der Waals surface area contributed by atoms with E-state index in [1.54, 1.807) is 6.92 Å². The average Bonchev–Trinajstić information content (AvgIpc) is 2.72. The number of nitrogens with two attached hydrogens (primary N) is 1. The van der Waals surface area contributed by atoms with Crippen molar-refractivity contribution in [3.63, 3.8) is 0 Å². The minimum Gasteiger partial charge on any atom is -0.345 e. The summed E-state index contributed by atoms with van der Waals surface area (Å²) in [6.45, 7) is 8.75. The van der Waals surface area contributed by atoms with Crippen LogP contribution in [0.1, 0.15) is 19.0 Å². The van der Waals surface area contributed by atoms with Gasteiger partial charge in [-0.1, -0.05) is 18.3 Å². The molecule has 0 amide bonds. The van der Waals surface area contributed by atoms with Gasteiger partial charge >= 0.3 is 0 Å². The Hall–Kier alpha value is -0.700. The topological polar surface area (TPSA) is 79.5 Å². The number of rotatable bonds is 4. The average molecular weight is 304 g/mol. The predicted octanol–water partition coefficient (Wildman–Crippen LogP) is 0.631. The first-order valence-electron chi connectivity index (χ1n) is 6.39. The van der Waals surface area contributed by atoms with E-state index < -0.39 is 10.0 Å². The molecular weight excluding hydrogens is 284 g/mol. The lowest BCUT2D eigenvalue weighted by atomic mass is 10.3. The second kappa shape index (κ2) is 5.74. The second-order valence-corrected chi connectivity index (χ2v) is 7.48. The van der Waals surface area contributed by atoms with Crippen molar-refractivity contribution in [2.24, 2.45) is 5.14 Å². The monoisotopic (exact) mass is 304 g/mol. The summed E-state index contributed by atoms with van der Waals surface area (Å²) < 4.78 is 23.0. The maximum atomic E-state index is 11.4. The number of aromatic nitrogens is 1. The van der Waals surface area contributed by atoms with E-state index in [1.807, 2.05) is 0 Å². The normalized spacial score (nSPS) is 17.9. The van der Waals surface area contributed by atoms with Crippen LogP contribution in [0.4, 0.5) is 5.13 Å². The Morgan fingerprint density at radius 2 is 1.95 bits per heavy atom. The van der Waals surface area contributed by atoms with Gasteiger partial charge in [-0.05, 0) is 19.9 Å². The zero-order valence-electron chi connectivity index (χ0n) is 11.3. The fraction of sp³-hybridized carbons (Fsp3) is 0.727. The molecule has 2 N–H and O–H groups in total. The van der Waals surface area contributed by atoms with Gasteiger partial charge in [0.2, 0.25) is 10.0 Å². The first kappa shape index (κ1) is 14.7. The van der Waals surface area contributed by atoms with Crippen molar-refractivity contribution in [1.82, 2.24) is 9.88 Å². The van der Waals surface area contributed by atoms with Crippen molar-refractivity contribution in [1.29, 1.82) is 0 Å². The molecule has 1 fully saturated rings.